The van der Waals surface area contributed by atoms with Gasteiger partial charge in [0.15, 0.2) is 0 Å². The molecule has 0 saturated heterocycles. The van der Waals surface area contributed by atoms with Gasteiger partial charge >= 0.3 is 5.97 Å². The molecule has 3 rings (SSSR count). The Morgan fingerprint density at radius 1 is 1.55 bits per heavy atom. The summed E-state index contributed by atoms with van der Waals surface area (Å²) in [6.45, 7) is 4.09. The van der Waals surface area contributed by atoms with Gasteiger partial charge < -0.3 is 9.30 Å². The van der Waals surface area contributed by atoms with Gasteiger partial charge in [0.05, 0.1) is 17.6 Å². The summed E-state index contributed by atoms with van der Waals surface area (Å²) in [5.74, 6) is 0.282. The van der Waals surface area contributed by atoms with Crippen LogP contribution in [0.3, 0.4) is 0 Å². The Bertz CT molecular complexity index is 661. The quantitative estimate of drug-likeness (QED) is 0.797. The van der Waals surface area contributed by atoms with E-state index in [1.807, 2.05) is 26.0 Å². The standard InChI is InChI=1S/C15H17BrN2O2/c1-3-20-15(19)9(2)14-17-12-8-10(16)4-7-13(12)18(14)11-5-6-11/h4,7-9,11H,3,5-6H2,1-2H3. The van der Waals surface area contributed by atoms with Crippen molar-refractivity contribution >= 4 is 32.9 Å². The maximum atomic E-state index is 12.0. The van der Waals surface area contributed by atoms with E-state index < -0.39 is 0 Å². The molecule has 1 aromatic heterocycles. The second-order valence-electron chi connectivity index (χ2n) is 5.18. The van der Waals surface area contributed by atoms with Gasteiger partial charge in [-0.2, -0.15) is 0 Å². The van der Waals surface area contributed by atoms with Crippen LogP contribution in [-0.2, 0) is 9.53 Å². The molecule has 1 fully saturated rings. The van der Waals surface area contributed by atoms with Crippen molar-refractivity contribution in [1.82, 2.24) is 9.55 Å². The molecule has 1 saturated carbocycles. The molecular weight excluding hydrogens is 320 g/mol. The topological polar surface area (TPSA) is 44.1 Å². The van der Waals surface area contributed by atoms with Gasteiger partial charge in [-0.3, -0.25) is 4.79 Å². The average Bonchev–Trinajstić information content (AvgIpc) is 3.19. The Morgan fingerprint density at radius 3 is 2.95 bits per heavy atom. The Balaban J connectivity index is 2.09. The molecule has 2 aromatic rings. The largest absolute Gasteiger partial charge is 0.465 e. The van der Waals surface area contributed by atoms with Crippen molar-refractivity contribution < 1.29 is 9.53 Å². The second kappa shape index (κ2) is 5.20. The maximum absolute atomic E-state index is 12.0. The van der Waals surface area contributed by atoms with E-state index in [4.69, 9.17) is 4.74 Å². The summed E-state index contributed by atoms with van der Waals surface area (Å²) in [6.07, 6.45) is 2.31. The number of halogens is 1. The van der Waals surface area contributed by atoms with Gasteiger partial charge in [-0.1, -0.05) is 15.9 Å². The van der Waals surface area contributed by atoms with Crippen LogP contribution in [0.2, 0.25) is 0 Å². The highest BCUT2D eigenvalue weighted by molar-refractivity contribution is 9.10. The van der Waals surface area contributed by atoms with Gasteiger partial charge in [0.2, 0.25) is 0 Å². The summed E-state index contributed by atoms with van der Waals surface area (Å²) in [5.41, 5.74) is 2.03. The molecule has 1 aliphatic rings. The van der Waals surface area contributed by atoms with E-state index in [-0.39, 0.29) is 11.9 Å². The van der Waals surface area contributed by atoms with Gasteiger partial charge in [0.1, 0.15) is 11.7 Å². The molecule has 20 heavy (non-hydrogen) atoms. The third-order valence-electron chi connectivity index (χ3n) is 3.62. The van der Waals surface area contributed by atoms with E-state index in [1.54, 1.807) is 0 Å². The first-order valence-corrected chi connectivity index (χ1v) is 7.75. The molecule has 1 heterocycles. The average molecular weight is 337 g/mol. The highest BCUT2D eigenvalue weighted by Gasteiger charge is 2.32. The lowest BCUT2D eigenvalue weighted by atomic mass is 10.1. The van der Waals surface area contributed by atoms with Crippen molar-refractivity contribution in [2.24, 2.45) is 0 Å². The number of esters is 1. The van der Waals surface area contributed by atoms with Crippen LogP contribution in [0.1, 0.15) is 44.5 Å². The summed E-state index contributed by atoms with van der Waals surface area (Å²) < 4.78 is 8.34. The number of hydrogen-bond donors (Lipinski definition) is 0. The molecule has 1 unspecified atom stereocenters. The van der Waals surface area contributed by atoms with Crippen LogP contribution in [-0.4, -0.2) is 22.1 Å². The minimum absolute atomic E-state index is 0.205. The summed E-state index contributed by atoms with van der Waals surface area (Å²) in [5, 5.41) is 0. The smallest absolute Gasteiger partial charge is 0.316 e. The Kier molecular flexibility index (Phi) is 3.54. The molecule has 106 valence electrons. The first-order chi connectivity index (χ1) is 9.61. The zero-order valence-electron chi connectivity index (χ0n) is 11.6. The monoisotopic (exact) mass is 336 g/mol. The molecule has 5 heteroatoms. The number of nitrogens with zero attached hydrogens (tertiary/aromatic N) is 2. The van der Waals surface area contributed by atoms with Crippen molar-refractivity contribution in [1.29, 1.82) is 0 Å². The molecule has 1 atom stereocenters. The van der Waals surface area contributed by atoms with Crippen LogP contribution in [0.25, 0.3) is 11.0 Å². The van der Waals surface area contributed by atoms with Gasteiger partial charge in [-0.15, -0.1) is 0 Å². The van der Waals surface area contributed by atoms with Crippen molar-refractivity contribution in [2.75, 3.05) is 6.61 Å². The molecule has 1 aromatic carbocycles. The number of hydrogen-bond acceptors (Lipinski definition) is 3. The molecule has 0 N–H and O–H groups in total. The van der Waals surface area contributed by atoms with E-state index in [9.17, 15) is 4.79 Å². The Morgan fingerprint density at radius 2 is 2.30 bits per heavy atom. The first kappa shape index (κ1) is 13.6. The molecule has 4 nitrogen and oxygen atoms in total. The molecule has 1 aliphatic carbocycles. The Hall–Kier alpha value is -1.36. The maximum Gasteiger partial charge on any atom is 0.316 e. The lowest BCUT2D eigenvalue weighted by molar-refractivity contribution is -0.144. The number of fused-ring (bicyclic) bond motifs is 1. The third-order valence-corrected chi connectivity index (χ3v) is 4.11. The minimum atomic E-state index is -0.332. The van der Waals surface area contributed by atoms with Gasteiger partial charge in [-0.25, -0.2) is 4.98 Å². The molecule has 0 aliphatic heterocycles. The van der Waals surface area contributed by atoms with Crippen LogP contribution in [0.15, 0.2) is 22.7 Å². The summed E-state index contributed by atoms with van der Waals surface area (Å²) >= 11 is 3.47. The predicted octanol–water partition coefficient (Wildman–Crippen LogP) is 3.80. The summed E-state index contributed by atoms with van der Waals surface area (Å²) in [7, 11) is 0. The van der Waals surface area contributed by atoms with E-state index in [1.165, 1.54) is 0 Å². The number of carbonyl (C=O) groups excluding carboxylic acids is 1. The zero-order chi connectivity index (χ0) is 14.3. The van der Waals surface area contributed by atoms with E-state index in [0.29, 0.717) is 12.6 Å². The highest BCUT2D eigenvalue weighted by atomic mass is 79.9. The first-order valence-electron chi connectivity index (χ1n) is 6.95. The van der Waals surface area contributed by atoms with Crippen LogP contribution in [0.4, 0.5) is 0 Å². The highest BCUT2D eigenvalue weighted by Crippen LogP contribution is 2.40. The van der Waals surface area contributed by atoms with Gasteiger partial charge in [0.25, 0.3) is 0 Å². The van der Waals surface area contributed by atoms with Gasteiger partial charge in [0, 0.05) is 10.5 Å². The lowest BCUT2D eigenvalue weighted by Gasteiger charge is -2.13. The fourth-order valence-corrected chi connectivity index (χ4v) is 2.83. The molecule has 0 amide bonds. The fourth-order valence-electron chi connectivity index (χ4n) is 2.49. The van der Waals surface area contributed by atoms with Crippen molar-refractivity contribution in [3.8, 4) is 0 Å². The third kappa shape index (κ3) is 2.35. The van der Waals surface area contributed by atoms with E-state index >= 15 is 0 Å². The SMILES string of the molecule is CCOC(=O)C(C)c1nc2cc(Br)ccc2n1C1CC1. The Labute approximate surface area is 126 Å². The number of carbonyl (C=O) groups is 1. The summed E-state index contributed by atoms with van der Waals surface area (Å²) in [4.78, 5) is 16.7. The van der Waals surface area contributed by atoms with Crippen molar-refractivity contribution in [3.05, 3.63) is 28.5 Å². The molecule has 0 radical (unpaired) electrons. The number of rotatable bonds is 4. The van der Waals surface area contributed by atoms with Gasteiger partial charge in [-0.05, 0) is 44.9 Å². The molecule has 0 bridgehead atoms. The van der Waals surface area contributed by atoms with Crippen molar-refractivity contribution in [2.45, 2.75) is 38.6 Å². The molecule has 0 spiro atoms. The number of aromatic nitrogens is 2. The predicted molar refractivity (Wildman–Crippen MR) is 80.8 cm³/mol. The van der Waals surface area contributed by atoms with Crippen LogP contribution >= 0.6 is 15.9 Å². The molecular formula is C15H17BrN2O2. The number of benzene rings is 1. The van der Waals surface area contributed by atoms with Crippen molar-refractivity contribution in [3.63, 3.8) is 0 Å². The van der Waals surface area contributed by atoms with Crippen LogP contribution in [0, 0.1) is 0 Å². The zero-order valence-corrected chi connectivity index (χ0v) is 13.2. The summed E-state index contributed by atoms with van der Waals surface area (Å²) in [6, 6.07) is 6.55. The number of imidazole rings is 1. The minimum Gasteiger partial charge on any atom is -0.465 e. The number of ether oxygens (including phenoxy) is 1. The van der Waals surface area contributed by atoms with Crippen LogP contribution < -0.4 is 0 Å². The fraction of sp³-hybridized carbons (Fsp3) is 0.467. The van der Waals surface area contributed by atoms with E-state index in [2.05, 4.69) is 31.5 Å². The lowest BCUT2D eigenvalue weighted by Crippen LogP contribution is -2.17. The van der Waals surface area contributed by atoms with Crippen LogP contribution in [0.5, 0.6) is 0 Å². The van der Waals surface area contributed by atoms with E-state index in [0.717, 1.165) is 34.2 Å². The normalized spacial score (nSPS) is 16.4. The second-order valence-corrected chi connectivity index (χ2v) is 6.09.